The second-order valence-electron chi connectivity index (χ2n) is 5.36. The Kier molecular flexibility index (Phi) is 5.35. The van der Waals surface area contributed by atoms with Crippen molar-refractivity contribution in [3.05, 3.63) is 23.9 Å². The summed E-state index contributed by atoms with van der Waals surface area (Å²) in [4.78, 5) is 18.6. The smallest absolute Gasteiger partial charge is 0.251 e. The predicted molar refractivity (Wildman–Crippen MR) is 78.9 cm³/mol. The van der Waals surface area contributed by atoms with Gasteiger partial charge in [-0.1, -0.05) is 12.8 Å². The van der Waals surface area contributed by atoms with E-state index in [-0.39, 0.29) is 12.5 Å². The number of aromatic nitrogens is 1. The normalized spacial score (nSPS) is 17.4. The molecule has 2 rings (SSSR count). The summed E-state index contributed by atoms with van der Waals surface area (Å²) in [6.07, 6.45) is 6.04. The van der Waals surface area contributed by atoms with Crippen molar-refractivity contribution in [1.29, 1.82) is 0 Å². The monoisotopic (exact) mass is 277 g/mol. The van der Waals surface area contributed by atoms with E-state index in [0.717, 1.165) is 18.9 Å². The van der Waals surface area contributed by atoms with Gasteiger partial charge in [0.15, 0.2) is 0 Å². The van der Waals surface area contributed by atoms with Crippen LogP contribution in [0.5, 0.6) is 0 Å². The SMILES string of the molecule is CC(O)CNC(=O)c1ccnc(N2CCCCCC2)c1. The summed E-state index contributed by atoms with van der Waals surface area (Å²) in [5.41, 5.74) is 0.597. The fourth-order valence-corrected chi connectivity index (χ4v) is 2.37. The quantitative estimate of drug-likeness (QED) is 0.877. The number of nitrogens with zero attached hydrogens (tertiary/aromatic N) is 2. The van der Waals surface area contributed by atoms with Crippen LogP contribution in [-0.4, -0.2) is 41.7 Å². The topological polar surface area (TPSA) is 65.5 Å². The molecular formula is C15H23N3O2. The molecule has 2 heterocycles. The molecule has 5 nitrogen and oxygen atoms in total. The fraction of sp³-hybridized carbons (Fsp3) is 0.600. The molecule has 0 spiro atoms. The number of amides is 1. The van der Waals surface area contributed by atoms with Gasteiger partial charge in [-0.15, -0.1) is 0 Å². The lowest BCUT2D eigenvalue weighted by Gasteiger charge is -2.21. The van der Waals surface area contributed by atoms with E-state index in [1.807, 2.05) is 6.07 Å². The first kappa shape index (κ1) is 14.8. The lowest BCUT2D eigenvalue weighted by Crippen LogP contribution is -2.31. The third-order valence-electron chi connectivity index (χ3n) is 3.50. The Bertz CT molecular complexity index is 440. The number of aliphatic hydroxyl groups is 1. The summed E-state index contributed by atoms with van der Waals surface area (Å²) in [6.45, 7) is 3.92. The number of anilines is 1. The number of hydrogen-bond acceptors (Lipinski definition) is 4. The standard InChI is InChI=1S/C15H23N3O2/c1-12(19)11-17-15(20)13-6-7-16-14(10-13)18-8-4-2-3-5-9-18/h6-7,10,12,19H,2-5,8-9,11H2,1H3,(H,17,20). The molecule has 20 heavy (non-hydrogen) atoms. The van der Waals surface area contributed by atoms with Gasteiger partial charge in [-0.3, -0.25) is 4.79 Å². The molecule has 1 aromatic rings. The minimum absolute atomic E-state index is 0.163. The highest BCUT2D eigenvalue weighted by molar-refractivity contribution is 5.94. The third kappa shape index (κ3) is 4.20. The fourth-order valence-electron chi connectivity index (χ4n) is 2.37. The molecule has 0 radical (unpaired) electrons. The zero-order valence-electron chi connectivity index (χ0n) is 12.0. The molecule has 2 N–H and O–H groups in total. The van der Waals surface area contributed by atoms with E-state index in [2.05, 4.69) is 15.2 Å². The Morgan fingerprint density at radius 3 is 2.75 bits per heavy atom. The van der Waals surface area contributed by atoms with Gasteiger partial charge in [0, 0.05) is 31.4 Å². The molecule has 1 aromatic heterocycles. The molecule has 1 amide bonds. The van der Waals surface area contributed by atoms with Crippen molar-refractivity contribution in [2.24, 2.45) is 0 Å². The molecule has 110 valence electrons. The Balaban J connectivity index is 2.04. The van der Waals surface area contributed by atoms with E-state index in [0.29, 0.717) is 5.56 Å². The van der Waals surface area contributed by atoms with Crippen LogP contribution in [0.3, 0.4) is 0 Å². The van der Waals surface area contributed by atoms with Crippen LogP contribution in [0, 0.1) is 0 Å². The largest absolute Gasteiger partial charge is 0.392 e. The van der Waals surface area contributed by atoms with Gasteiger partial charge in [-0.05, 0) is 31.9 Å². The van der Waals surface area contributed by atoms with Crippen LogP contribution < -0.4 is 10.2 Å². The molecule has 1 fully saturated rings. The van der Waals surface area contributed by atoms with Crippen LogP contribution in [0.15, 0.2) is 18.3 Å². The van der Waals surface area contributed by atoms with Crippen molar-refractivity contribution < 1.29 is 9.90 Å². The summed E-state index contributed by atoms with van der Waals surface area (Å²) in [6, 6.07) is 3.54. The predicted octanol–water partition coefficient (Wildman–Crippen LogP) is 1.57. The van der Waals surface area contributed by atoms with Crippen LogP contribution in [0.25, 0.3) is 0 Å². The lowest BCUT2D eigenvalue weighted by molar-refractivity contribution is 0.0924. The summed E-state index contributed by atoms with van der Waals surface area (Å²) in [7, 11) is 0. The summed E-state index contributed by atoms with van der Waals surface area (Å²) in [5.74, 6) is 0.709. The van der Waals surface area contributed by atoms with Gasteiger partial charge in [0.05, 0.1) is 6.10 Å². The highest BCUT2D eigenvalue weighted by Crippen LogP contribution is 2.18. The van der Waals surface area contributed by atoms with Gasteiger partial charge in [0.2, 0.25) is 0 Å². The van der Waals surface area contributed by atoms with E-state index < -0.39 is 6.10 Å². The van der Waals surface area contributed by atoms with E-state index in [9.17, 15) is 9.90 Å². The maximum atomic E-state index is 12.0. The van der Waals surface area contributed by atoms with Crippen LogP contribution in [0.2, 0.25) is 0 Å². The van der Waals surface area contributed by atoms with Gasteiger partial charge in [-0.25, -0.2) is 4.98 Å². The first-order valence-electron chi connectivity index (χ1n) is 7.34. The van der Waals surface area contributed by atoms with E-state index in [4.69, 9.17) is 0 Å². The minimum atomic E-state index is -0.536. The molecule has 1 unspecified atom stereocenters. The molecule has 1 aliphatic heterocycles. The number of aliphatic hydroxyl groups excluding tert-OH is 1. The molecule has 0 aliphatic carbocycles. The number of rotatable bonds is 4. The van der Waals surface area contributed by atoms with Crippen molar-refractivity contribution in [3.63, 3.8) is 0 Å². The molecule has 1 aliphatic rings. The average molecular weight is 277 g/mol. The first-order valence-corrected chi connectivity index (χ1v) is 7.34. The van der Waals surface area contributed by atoms with E-state index in [1.54, 1.807) is 19.2 Å². The van der Waals surface area contributed by atoms with Gasteiger partial charge < -0.3 is 15.3 Å². The highest BCUT2D eigenvalue weighted by Gasteiger charge is 2.13. The minimum Gasteiger partial charge on any atom is -0.392 e. The van der Waals surface area contributed by atoms with Crippen molar-refractivity contribution in [2.45, 2.75) is 38.7 Å². The van der Waals surface area contributed by atoms with Gasteiger partial charge in [0.1, 0.15) is 5.82 Å². The van der Waals surface area contributed by atoms with Gasteiger partial charge in [0.25, 0.3) is 5.91 Å². The van der Waals surface area contributed by atoms with E-state index in [1.165, 1.54) is 25.7 Å². The zero-order valence-corrected chi connectivity index (χ0v) is 12.0. The molecule has 1 atom stereocenters. The van der Waals surface area contributed by atoms with Gasteiger partial charge >= 0.3 is 0 Å². The highest BCUT2D eigenvalue weighted by atomic mass is 16.3. The maximum Gasteiger partial charge on any atom is 0.251 e. The van der Waals surface area contributed by atoms with Crippen LogP contribution >= 0.6 is 0 Å². The molecule has 5 heteroatoms. The number of carbonyl (C=O) groups is 1. The average Bonchev–Trinajstić information content (AvgIpc) is 2.74. The Labute approximate surface area is 120 Å². The molecule has 0 saturated carbocycles. The Morgan fingerprint density at radius 1 is 1.40 bits per heavy atom. The Morgan fingerprint density at radius 2 is 2.10 bits per heavy atom. The van der Waals surface area contributed by atoms with Crippen molar-refractivity contribution in [1.82, 2.24) is 10.3 Å². The second-order valence-corrected chi connectivity index (χ2v) is 5.36. The third-order valence-corrected chi connectivity index (χ3v) is 3.50. The van der Waals surface area contributed by atoms with Crippen LogP contribution in [-0.2, 0) is 0 Å². The Hall–Kier alpha value is -1.62. The molecule has 0 aromatic carbocycles. The van der Waals surface area contributed by atoms with Crippen molar-refractivity contribution in [2.75, 3.05) is 24.5 Å². The summed E-state index contributed by atoms with van der Waals surface area (Å²) in [5, 5.41) is 11.9. The lowest BCUT2D eigenvalue weighted by atomic mass is 10.2. The molecule has 1 saturated heterocycles. The molecule has 0 bridgehead atoms. The van der Waals surface area contributed by atoms with Crippen LogP contribution in [0.1, 0.15) is 43.0 Å². The zero-order chi connectivity index (χ0) is 14.4. The number of carbonyl (C=O) groups excluding carboxylic acids is 1. The maximum absolute atomic E-state index is 12.0. The summed E-state index contributed by atoms with van der Waals surface area (Å²) < 4.78 is 0. The van der Waals surface area contributed by atoms with Crippen molar-refractivity contribution in [3.8, 4) is 0 Å². The number of pyridine rings is 1. The molecular weight excluding hydrogens is 254 g/mol. The van der Waals surface area contributed by atoms with Crippen LogP contribution in [0.4, 0.5) is 5.82 Å². The van der Waals surface area contributed by atoms with Crippen molar-refractivity contribution >= 4 is 11.7 Å². The summed E-state index contributed by atoms with van der Waals surface area (Å²) >= 11 is 0. The number of nitrogens with one attached hydrogen (secondary N) is 1. The first-order chi connectivity index (χ1) is 9.66. The van der Waals surface area contributed by atoms with E-state index >= 15 is 0 Å². The second kappa shape index (κ2) is 7.24. The van der Waals surface area contributed by atoms with Gasteiger partial charge in [-0.2, -0.15) is 0 Å². The number of hydrogen-bond donors (Lipinski definition) is 2.